The number of amides is 1. The molecule has 7 nitrogen and oxygen atoms in total. The number of nitrogens with zero attached hydrogens (tertiary/aromatic N) is 3. The topological polar surface area (TPSA) is 78.8 Å². The van der Waals surface area contributed by atoms with E-state index in [0.717, 1.165) is 33.6 Å². The normalized spacial score (nSPS) is 15.2. The molecule has 0 bridgehead atoms. The van der Waals surface area contributed by atoms with Gasteiger partial charge in [0, 0.05) is 29.2 Å². The quantitative estimate of drug-likeness (QED) is 0.306. The van der Waals surface area contributed by atoms with Crippen molar-refractivity contribution in [3.05, 3.63) is 40.4 Å². The maximum Gasteiger partial charge on any atom is 0.252 e. The molecule has 1 aliphatic rings. The zero-order valence-electron chi connectivity index (χ0n) is 20.3. The molecule has 0 aliphatic heterocycles. The number of amidine groups is 1. The first-order valence-electron chi connectivity index (χ1n) is 11.5. The Hall–Kier alpha value is -2.71. The van der Waals surface area contributed by atoms with Gasteiger partial charge in [0.25, 0.3) is 5.91 Å². The Balaban J connectivity index is 1.56. The van der Waals surface area contributed by atoms with E-state index in [1.807, 2.05) is 51.5 Å². The minimum atomic E-state index is -0.170. The predicted octanol–water partition coefficient (Wildman–Crippen LogP) is 5.02. The van der Waals surface area contributed by atoms with E-state index in [2.05, 4.69) is 25.5 Å². The van der Waals surface area contributed by atoms with Crippen molar-refractivity contribution in [1.29, 1.82) is 0 Å². The highest BCUT2D eigenvalue weighted by molar-refractivity contribution is 7.16. The third-order valence-electron chi connectivity index (χ3n) is 5.48. The van der Waals surface area contributed by atoms with Gasteiger partial charge in [-0.2, -0.15) is 0 Å². The molecule has 0 radical (unpaired) electrons. The standard InChI is InChI=1S/C25H35N5O2S/c1-17-14-21(32-13-12-30(4)5)10-11-23(17)27-19(3)28-24(31)18(2)15-22-16-26-25(33-22)29-20-8-6-7-9-20/h10-11,14-16,20H,6-9,12-13H2,1-5H3,(H,26,29)(H,27,28,31)/b18-15+. The van der Waals surface area contributed by atoms with Crippen molar-refractivity contribution in [3.8, 4) is 5.75 Å². The number of likely N-dealkylation sites (N-methyl/N-ethyl adjacent to an activating group) is 1. The largest absolute Gasteiger partial charge is 0.492 e. The lowest BCUT2D eigenvalue weighted by molar-refractivity contribution is -0.116. The predicted molar refractivity (Wildman–Crippen MR) is 138 cm³/mol. The molecule has 2 aromatic rings. The fraction of sp³-hybridized carbons (Fsp3) is 0.480. The molecule has 0 atom stereocenters. The third kappa shape index (κ3) is 7.98. The smallest absolute Gasteiger partial charge is 0.252 e. The van der Waals surface area contributed by atoms with Crippen LogP contribution in [-0.4, -0.2) is 54.9 Å². The van der Waals surface area contributed by atoms with Gasteiger partial charge in [-0.3, -0.25) is 4.79 Å². The van der Waals surface area contributed by atoms with E-state index in [1.165, 1.54) is 25.7 Å². The summed E-state index contributed by atoms with van der Waals surface area (Å²) in [6.45, 7) is 7.07. The van der Waals surface area contributed by atoms with Crippen LogP contribution in [0.15, 0.2) is 35.0 Å². The molecule has 1 amide bonds. The number of rotatable bonds is 9. The van der Waals surface area contributed by atoms with Gasteiger partial charge >= 0.3 is 0 Å². The number of aromatic nitrogens is 1. The summed E-state index contributed by atoms with van der Waals surface area (Å²) in [6.07, 6.45) is 8.65. The Morgan fingerprint density at radius 3 is 2.76 bits per heavy atom. The number of carbonyl (C=O) groups excluding carboxylic acids is 1. The van der Waals surface area contributed by atoms with Gasteiger partial charge in [0.15, 0.2) is 5.13 Å². The molecule has 1 aromatic carbocycles. The Morgan fingerprint density at radius 1 is 1.30 bits per heavy atom. The van der Waals surface area contributed by atoms with Gasteiger partial charge < -0.3 is 20.3 Å². The van der Waals surface area contributed by atoms with Crippen LogP contribution >= 0.6 is 11.3 Å². The monoisotopic (exact) mass is 469 g/mol. The summed E-state index contributed by atoms with van der Waals surface area (Å²) < 4.78 is 5.77. The van der Waals surface area contributed by atoms with Crippen molar-refractivity contribution in [2.75, 3.05) is 32.6 Å². The molecule has 178 valence electrons. The van der Waals surface area contributed by atoms with Gasteiger partial charge in [0.2, 0.25) is 0 Å². The van der Waals surface area contributed by atoms with E-state index in [9.17, 15) is 4.79 Å². The number of ether oxygens (including phenoxy) is 1. The van der Waals surface area contributed by atoms with Gasteiger partial charge in [-0.05, 0) is 77.5 Å². The lowest BCUT2D eigenvalue weighted by Crippen LogP contribution is -2.28. The number of aryl methyl sites for hydroxylation is 1. The van der Waals surface area contributed by atoms with Crippen molar-refractivity contribution >= 4 is 40.0 Å². The molecule has 1 fully saturated rings. The SMILES string of the molecule is CC(=Nc1ccc(OCCN(C)C)cc1C)NC(=O)/C(C)=C/c1cnc(NC2CCCC2)s1. The van der Waals surface area contributed by atoms with E-state index in [1.54, 1.807) is 25.2 Å². The van der Waals surface area contributed by atoms with E-state index in [-0.39, 0.29) is 5.91 Å². The first-order valence-corrected chi connectivity index (χ1v) is 12.3. The number of anilines is 1. The highest BCUT2D eigenvalue weighted by Crippen LogP contribution is 2.27. The van der Waals surface area contributed by atoms with Crippen LogP contribution in [0, 0.1) is 6.92 Å². The molecule has 8 heteroatoms. The van der Waals surface area contributed by atoms with Crippen molar-refractivity contribution in [2.45, 2.75) is 52.5 Å². The molecule has 1 aromatic heterocycles. The average Bonchev–Trinajstić information content (AvgIpc) is 3.42. The number of hydrogen-bond donors (Lipinski definition) is 2. The molecular formula is C25H35N5O2S. The summed E-state index contributed by atoms with van der Waals surface area (Å²) in [5.41, 5.74) is 2.41. The van der Waals surface area contributed by atoms with Crippen molar-refractivity contribution in [3.63, 3.8) is 0 Å². The first kappa shape index (κ1) is 24.9. The second kappa shape index (κ2) is 12.0. The molecule has 1 aliphatic carbocycles. The van der Waals surface area contributed by atoms with Gasteiger partial charge in [-0.25, -0.2) is 9.98 Å². The summed E-state index contributed by atoms with van der Waals surface area (Å²) >= 11 is 1.57. The maximum atomic E-state index is 12.6. The minimum absolute atomic E-state index is 0.170. The minimum Gasteiger partial charge on any atom is -0.492 e. The van der Waals surface area contributed by atoms with E-state index in [4.69, 9.17) is 4.74 Å². The highest BCUT2D eigenvalue weighted by Gasteiger charge is 2.16. The third-order valence-corrected chi connectivity index (χ3v) is 6.36. The van der Waals surface area contributed by atoms with Crippen LogP contribution in [0.25, 0.3) is 6.08 Å². The van der Waals surface area contributed by atoms with Gasteiger partial charge in [0.05, 0.1) is 5.69 Å². The summed E-state index contributed by atoms with van der Waals surface area (Å²) in [4.78, 5) is 24.7. The Morgan fingerprint density at radius 2 is 2.06 bits per heavy atom. The molecule has 0 unspecified atom stereocenters. The van der Waals surface area contributed by atoms with Crippen LogP contribution in [0.1, 0.15) is 50.0 Å². The molecule has 1 heterocycles. The summed E-state index contributed by atoms with van der Waals surface area (Å²) in [5.74, 6) is 1.20. The van der Waals surface area contributed by atoms with Crippen LogP contribution in [0.3, 0.4) is 0 Å². The van der Waals surface area contributed by atoms with Crippen molar-refractivity contribution in [1.82, 2.24) is 15.2 Å². The second-order valence-electron chi connectivity index (χ2n) is 8.77. The summed E-state index contributed by atoms with van der Waals surface area (Å²) in [5, 5.41) is 7.29. The number of aliphatic imine (C=N–C) groups is 1. The van der Waals surface area contributed by atoms with Gasteiger partial charge in [-0.1, -0.05) is 24.2 Å². The van der Waals surface area contributed by atoms with Crippen LogP contribution < -0.4 is 15.4 Å². The molecule has 0 saturated heterocycles. The van der Waals surface area contributed by atoms with Crippen molar-refractivity contribution in [2.24, 2.45) is 4.99 Å². The number of nitrogens with one attached hydrogen (secondary N) is 2. The zero-order valence-corrected chi connectivity index (χ0v) is 21.1. The number of thiazole rings is 1. The summed E-state index contributed by atoms with van der Waals surface area (Å²) in [7, 11) is 4.03. The molecule has 3 rings (SSSR count). The van der Waals surface area contributed by atoms with Crippen LogP contribution in [0.5, 0.6) is 5.75 Å². The number of carbonyl (C=O) groups is 1. The Bertz CT molecular complexity index is 1010. The van der Waals surface area contributed by atoms with Gasteiger partial charge in [0.1, 0.15) is 18.2 Å². The fourth-order valence-corrected chi connectivity index (χ4v) is 4.50. The van der Waals surface area contributed by atoms with E-state index in [0.29, 0.717) is 24.1 Å². The molecule has 33 heavy (non-hydrogen) atoms. The molecule has 1 saturated carbocycles. The van der Waals surface area contributed by atoms with Crippen LogP contribution in [0.2, 0.25) is 0 Å². The lowest BCUT2D eigenvalue weighted by atomic mass is 10.2. The lowest BCUT2D eigenvalue weighted by Gasteiger charge is -2.12. The first-order chi connectivity index (χ1) is 15.8. The molecule has 2 N–H and O–H groups in total. The maximum absolute atomic E-state index is 12.6. The molecule has 0 spiro atoms. The van der Waals surface area contributed by atoms with Gasteiger partial charge in [-0.15, -0.1) is 0 Å². The Kier molecular flexibility index (Phi) is 9.03. The number of benzene rings is 1. The Labute approximate surface area is 201 Å². The average molecular weight is 470 g/mol. The number of hydrogen-bond acceptors (Lipinski definition) is 7. The molecular weight excluding hydrogens is 434 g/mol. The van der Waals surface area contributed by atoms with Crippen molar-refractivity contribution < 1.29 is 9.53 Å². The zero-order chi connectivity index (χ0) is 23.8. The van der Waals surface area contributed by atoms with E-state index < -0.39 is 0 Å². The second-order valence-corrected chi connectivity index (χ2v) is 9.83. The van der Waals surface area contributed by atoms with E-state index >= 15 is 0 Å². The van der Waals surface area contributed by atoms with Crippen LogP contribution in [-0.2, 0) is 4.79 Å². The van der Waals surface area contributed by atoms with Crippen LogP contribution in [0.4, 0.5) is 10.8 Å². The summed E-state index contributed by atoms with van der Waals surface area (Å²) in [6, 6.07) is 6.31. The highest BCUT2D eigenvalue weighted by atomic mass is 32.1. The fourth-order valence-electron chi connectivity index (χ4n) is 3.60.